The van der Waals surface area contributed by atoms with E-state index in [4.69, 9.17) is 9.84 Å². The molecule has 0 bridgehead atoms. The van der Waals surface area contributed by atoms with Crippen LogP contribution >= 0.6 is 15.9 Å². The third-order valence-electron chi connectivity index (χ3n) is 1.71. The molecule has 0 atom stereocenters. The highest BCUT2D eigenvalue weighted by Gasteiger charge is 2.07. The van der Waals surface area contributed by atoms with E-state index in [9.17, 15) is 9.18 Å². The lowest BCUT2D eigenvalue weighted by Crippen LogP contribution is -2.00. The van der Waals surface area contributed by atoms with E-state index in [1.54, 1.807) is 6.07 Å². The van der Waals surface area contributed by atoms with E-state index < -0.39 is 12.6 Å². The molecular weight excluding hydrogens is 267 g/mol. The molecule has 0 saturated carbocycles. The van der Waals surface area contributed by atoms with Gasteiger partial charge < -0.3 is 9.84 Å². The molecule has 0 saturated heterocycles. The van der Waals surface area contributed by atoms with Gasteiger partial charge in [-0.1, -0.05) is 0 Å². The molecule has 0 aliphatic rings. The number of carboxylic acid groups (broad SMARTS) is 1. The number of benzene rings is 1. The van der Waals surface area contributed by atoms with E-state index in [0.717, 1.165) is 0 Å². The topological polar surface area (TPSA) is 46.5 Å². The summed E-state index contributed by atoms with van der Waals surface area (Å²) in [5.74, 6) is -0.473. The van der Waals surface area contributed by atoms with Crippen LogP contribution < -0.4 is 4.74 Å². The van der Waals surface area contributed by atoms with Crippen LogP contribution in [0.15, 0.2) is 22.7 Å². The van der Waals surface area contributed by atoms with Gasteiger partial charge in [0.15, 0.2) is 0 Å². The standard InChI is InChI=1S/C10H10BrFO3/c11-8-6-7(10(13)14)2-3-9(8)15-5-1-4-12/h2-3,6H,1,4-5H2,(H,13,14). The zero-order valence-corrected chi connectivity index (χ0v) is 9.46. The van der Waals surface area contributed by atoms with Crippen molar-refractivity contribution in [3.63, 3.8) is 0 Å². The monoisotopic (exact) mass is 276 g/mol. The molecule has 0 amide bonds. The molecule has 0 heterocycles. The van der Waals surface area contributed by atoms with Crippen LogP contribution in [0.5, 0.6) is 5.75 Å². The second kappa shape index (κ2) is 5.70. The fourth-order valence-electron chi connectivity index (χ4n) is 0.988. The van der Waals surface area contributed by atoms with Gasteiger partial charge in [0.1, 0.15) is 5.75 Å². The van der Waals surface area contributed by atoms with Crippen LogP contribution in [0.4, 0.5) is 4.39 Å². The maximum Gasteiger partial charge on any atom is 0.335 e. The largest absolute Gasteiger partial charge is 0.492 e. The number of ether oxygens (including phenoxy) is 1. The summed E-state index contributed by atoms with van der Waals surface area (Å²) >= 11 is 3.19. The average molecular weight is 277 g/mol. The van der Waals surface area contributed by atoms with Gasteiger partial charge in [-0.15, -0.1) is 0 Å². The first-order valence-corrected chi connectivity index (χ1v) is 5.16. The SMILES string of the molecule is O=C(O)c1ccc(OCCCF)c(Br)c1. The Morgan fingerprint density at radius 3 is 2.80 bits per heavy atom. The van der Waals surface area contributed by atoms with E-state index in [0.29, 0.717) is 16.6 Å². The maximum atomic E-state index is 11.8. The molecule has 0 spiro atoms. The quantitative estimate of drug-likeness (QED) is 0.842. The first kappa shape index (κ1) is 12.0. The summed E-state index contributed by atoms with van der Waals surface area (Å²) in [6, 6.07) is 4.44. The second-order valence-electron chi connectivity index (χ2n) is 2.84. The number of hydrogen-bond acceptors (Lipinski definition) is 2. The van der Waals surface area contributed by atoms with Crippen molar-refractivity contribution in [1.29, 1.82) is 0 Å². The van der Waals surface area contributed by atoms with Crippen LogP contribution in [0.2, 0.25) is 0 Å². The number of aromatic carboxylic acids is 1. The van der Waals surface area contributed by atoms with Gasteiger partial charge in [-0.2, -0.15) is 0 Å². The number of hydrogen-bond donors (Lipinski definition) is 1. The van der Waals surface area contributed by atoms with Crippen molar-refractivity contribution >= 4 is 21.9 Å². The zero-order chi connectivity index (χ0) is 11.3. The van der Waals surface area contributed by atoms with Crippen LogP contribution in [0.3, 0.4) is 0 Å². The summed E-state index contributed by atoms with van der Waals surface area (Å²) in [7, 11) is 0. The van der Waals surface area contributed by atoms with E-state index in [2.05, 4.69) is 15.9 Å². The fraction of sp³-hybridized carbons (Fsp3) is 0.300. The molecule has 0 aromatic heterocycles. The Morgan fingerprint density at radius 1 is 1.53 bits per heavy atom. The third kappa shape index (κ3) is 3.51. The number of rotatable bonds is 5. The van der Waals surface area contributed by atoms with E-state index in [1.165, 1.54) is 12.1 Å². The number of alkyl halides is 1. The van der Waals surface area contributed by atoms with Crippen molar-refractivity contribution in [1.82, 2.24) is 0 Å². The highest BCUT2D eigenvalue weighted by molar-refractivity contribution is 9.10. The number of carboxylic acids is 1. The van der Waals surface area contributed by atoms with Crippen molar-refractivity contribution in [2.45, 2.75) is 6.42 Å². The Balaban J connectivity index is 2.70. The maximum absolute atomic E-state index is 11.8. The summed E-state index contributed by atoms with van der Waals surface area (Å²) < 4.78 is 17.6. The molecule has 1 aromatic carbocycles. The molecule has 15 heavy (non-hydrogen) atoms. The minimum Gasteiger partial charge on any atom is -0.492 e. The van der Waals surface area contributed by atoms with Crippen LogP contribution in [0, 0.1) is 0 Å². The Labute approximate surface area is 95.0 Å². The molecule has 0 fully saturated rings. The first-order chi connectivity index (χ1) is 7.15. The highest BCUT2D eigenvalue weighted by Crippen LogP contribution is 2.26. The molecule has 1 rings (SSSR count). The van der Waals surface area contributed by atoms with Gasteiger partial charge in [-0.25, -0.2) is 4.79 Å². The zero-order valence-electron chi connectivity index (χ0n) is 7.87. The van der Waals surface area contributed by atoms with Crippen molar-refractivity contribution in [3.8, 4) is 5.75 Å². The molecule has 0 unspecified atom stereocenters. The second-order valence-corrected chi connectivity index (χ2v) is 3.70. The van der Waals surface area contributed by atoms with Crippen molar-refractivity contribution < 1.29 is 19.0 Å². The lowest BCUT2D eigenvalue weighted by atomic mass is 10.2. The summed E-state index contributed by atoms with van der Waals surface area (Å²) in [6.07, 6.45) is 0.327. The summed E-state index contributed by atoms with van der Waals surface area (Å²) in [4.78, 5) is 10.6. The molecule has 3 nitrogen and oxygen atoms in total. The Morgan fingerprint density at radius 2 is 2.27 bits per heavy atom. The highest BCUT2D eigenvalue weighted by atomic mass is 79.9. The van der Waals surface area contributed by atoms with E-state index in [-0.39, 0.29) is 12.2 Å². The Kier molecular flexibility index (Phi) is 4.55. The van der Waals surface area contributed by atoms with Gasteiger partial charge in [0.2, 0.25) is 0 Å². The third-order valence-corrected chi connectivity index (χ3v) is 2.33. The Hall–Kier alpha value is -1.10. The molecule has 1 aromatic rings. The Bertz CT molecular complexity index is 355. The minimum atomic E-state index is -0.994. The first-order valence-electron chi connectivity index (χ1n) is 4.36. The fourth-order valence-corrected chi connectivity index (χ4v) is 1.48. The minimum absolute atomic E-state index is 0.180. The molecule has 0 aliphatic carbocycles. The van der Waals surface area contributed by atoms with Crippen LogP contribution in [0.1, 0.15) is 16.8 Å². The summed E-state index contributed by atoms with van der Waals surface area (Å²) in [5.41, 5.74) is 0.180. The van der Waals surface area contributed by atoms with Gasteiger partial charge in [0.25, 0.3) is 0 Å². The smallest absolute Gasteiger partial charge is 0.335 e. The van der Waals surface area contributed by atoms with Crippen LogP contribution in [-0.4, -0.2) is 24.4 Å². The van der Waals surface area contributed by atoms with Crippen LogP contribution in [-0.2, 0) is 0 Å². The number of halogens is 2. The molecular formula is C10H10BrFO3. The van der Waals surface area contributed by atoms with Crippen molar-refractivity contribution in [2.75, 3.05) is 13.3 Å². The van der Waals surface area contributed by atoms with Crippen molar-refractivity contribution in [3.05, 3.63) is 28.2 Å². The summed E-state index contributed by atoms with van der Waals surface area (Å²) in [6.45, 7) is -0.146. The van der Waals surface area contributed by atoms with Gasteiger partial charge >= 0.3 is 5.97 Å². The molecule has 0 radical (unpaired) electrons. The lowest BCUT2D eigenvalue weighted by molar-refractivity contribution is 0.0697. The lowest BCUT2D eigenvalue weighted by Gasteiger charge is -2.07. The van der Waals surface area contributed by atoms with Gasteiger partial charge in [0, 0.05) is 6.42 Å². The number of carbonyl (C=O) groups is 1. The molecule has 5 heteroatoms. The van der Waals surface area contributed by atoms with Gasteiger partial charge in [-0.05, 0) is 34.1 Å². The predicted molar refractivity (Wildman–Crippen MR) is 57.2 cm³/mol. The summed E-state index contributed by atoms with van der Waals surface area (Å²) in [5, 5.41) is 8.70. The molecule has 82 valence electrons. The average Bonchev–Trinajstić information content (AvgIpc) is 2.20. The molecule has 0 aliphatic heterocycles. The predicted octanol–water partition coefficient (Wildman–Crippen LogP) is 2.89. The van der Waals surface area contributed by atoms with Crippen molar-refractivity contribution in [2.24, 2.45) is 0 Å². The van der Waals surface area contributed by atoms with E-state index >= 15 is 0 Å². The molecule has 1 N–H and O–H groups in total. The van der Waals surface area contributed by atoms with Crippen LogP contribution in [0.25, 0.3) is 0 Å². The van der Waals surface area contributed by atoms with Gasteiger partial charge in [0.05, 0.1) is 23.3 Å². The van der Waals surface area contributed by atoms with Gasteiger partial charge in [-0.3, -0.25) is 4.39 Å². The normalized spacial score (nSPS) is 10.0. The van der Waals surface area contributed by atoms with E-state index in [1.807, 2.05) is 0 Å².